The Kier molecular flexibility index (Phi) is 3.61. The Balaban J connectivity index is 2.24. The van der Waals surface area contributed by atoms with Crippen LogP contribution in [-0.4, -0.2) is 23.4 Å². The van der Waals surface area contributed by atoms with E-state index < -0.39 is 11.6 Å². The summed E-state index contributed by atoms with van der Waals surface area (Å²) >= 11 is 0. The first kappa shape index (κ1) is 13.0. The highest BCUT2D eigenvalue weighted by Crippen LogP contribution is 2.29. The molecule has 2 N–H and O–H groups in total. The number of hydrogen-bond acceptors (Lipinski definition) is 2. The minimum atomic E-state index is -0.605. The number of benzene rings is 1. The highest BCUT2D eigenvalue weighted by Gasteiger charge is 2.33. The van der Waals surface area contributed by atoms with E-state index in [0.717, 1.165) is 12.5 Å². The van der Waals surface area contributed by atoms with Gasteiger partial charge in [-0.15, -0.1) is 0 Å². The zero-order valence-corrected chi connectivity index (χ0v) is 10.2. The fraction of sp³-hybridized carbons (Fsp3) is 0.462. The van der Waals surface area contributed by atoms with E-state index in [1.807, 2.05) is 11.8 Å². The van der Waals surface area contributed by atoms with Crippen molar-refractivity contribution in [2.75, 3.05) is 6.54 Å². The van der Waals surface area contributed by atoms with E-state index in [2.05, 4.69) is 0 Å². The molecule has 1 heterocycles. The van der Waals surface area contributed by atoms with Crippen LogP contribution >= 0.6 is 0 Å². The van der Waals surface area contributed by atoms with Gasteiger partial charge in [0.1, 0.15) is 11.6 Å². The van der Waals surface area contributed by atoms with Gasteiger partial charge in [0.25, 0.3) is 0 Å². The van der Waals surface area contributed by atoms with Crippen molar-refractivity contribution in [1.82, 2.24) is 4.90 Å². The molecule has 1 aromatic rings. The molecule has 98 valence electrons. The third kappa shape index (κ3) is 2.51. The molecule has 0 radical (unpaired) electrons. The molecule has 2 rings (SSSR count). The van der Waals surface area contributed by atoms with Gasteiger partial charge >= 0.3 is 0 Å². The minimum Gasteiger partial charge on any atom is -0.368 e. The summed E-state index contributed by atoms with van der Waals surface area (Å²) in [7, 11) is 0. The Hall–Kier alpha value is -1.49. The number of primary amides is 1. The first-order chi connectivity index (χ1) is 8.49. The van der Waals surface area contributed by atoms with Crippen LogP contribution in [-0.2, 0) is 4.79 Å². The molecule has 1 aliphatic rings. The summed E-state index contributed by atoms with van der Waals surface area (Å²) in [5.74, 6) is -1.59. The minimum absolute atomic E-state index is 0.227. The molecule has 0 spiro atoms. The van der Waals surface area contributed by atoms with Crippen molar-refractivity contribution in [3.05, 3.63) is 35.4 Å². The number of carbonyl (C=O) groups is 1. The second kappa shape index (κ2) is 5.02. The van der Waals surface area contributed by atoms with Crippen molar-refractivity contribution in [1.29, 1.82) is 0 Å². The van der Waals surface area contributed by atoms with Crippen molar-refractivity contribution in [2.24, 2.45) is 5.73 Å². The summed E-state index contributed by atoms with van der Waals surface area (Å²) in [6.07, 6.45) is 1.58. The van der Waals surface area contributed by atoms with Crippen LogP contribution in [0.25, 0.3) is 0 Å². The number of rotatable bonds is 3. The molecule has 0 saturated carbocycles. The van der Waals surface area contributed by atoms with Crippen molar-refractivity contribution < 1.29 is 13.6 Å². The van der Waals surface area contributed by atoms with Gasteiger partial charge in [-0.1, -0.05) is 0 Å². The maximum Gasteiger partial charge on any atom is 0.234 e. The van der Waals surface area contributed by atoms with E-state index in [1.54, 1.807) is 0 Å². The Morgan fingerprint density at radius 3 is 2.56 bits per heavy atom. The Labute approximate surface area is 105 Å². The normalized spacial score (nSPS) is 22.1. The van der Waals surface area contributed by atoms with Gasteiger partial charge in [0.05, 0.1) is 6.04 Å². The predicted octanol–water partition coefficient (Wildman–Crippen LogP) is 1.98. The van der Waals surface area contributed by atoms with Crippen LogP contribution in [0, 0.1) is 11.6 Å². The van der Waals surface area contributed by atoms with E-state index in [0.29, 0.717) is 18.5 Å². The second-order valence-corrected chi connectivity index (χ2v) is 4.68. The highest BCUT2D eigenvalue weighted by atomic mass is 19.1. The van der Waals surface area contributed by atoms with E-state index in [-0.39, 0.29) is 18.0 Å². The third-order valence-corrected chi connectivity index (χ3v) is 3.49. The van der Waals surface area contributed by atoms with Gasteiger partial charge < -0.3 is 5.73 Å². The molecule has 2 atom stereocenters. The summed E-state index contributed by atoms with van der Waals surface area (Å²) in [4.78, 5) is 13.2. The van der Waals surface area contributed by atoms with Gasteiger partial charge in [-0.05, 0) is 44.0 Å². The van der Waals surface area contributed by atoms with E-state index in [4.69, 9.17) is 5.73 Å². The Morgan fingerprint density at radius 2 is 2.00 bits per heavy atom. The summed E-state index contributed by atoms with van der Waals surface area (Å²) in [6.45, 7) is 2.54. The van der Waals surface area contributed by atoms with Crippen LogP contribution in [0.2, 0.25) is 0 Å². The quantitative estimate of drug-likeness (QED) is 0.896. The summed E-state index contributed by atoms with van der Waals surface area (Å²) in [6, 6.07) is 2.86. The monoisotopic (exact) mass is 254 g/mol. The van der Waals surface area contributed by atoms with Crippen LogP contribution in [0.5, 0.6) is 0 Å². The lowest BCUT2D eigenvalue weighted by Crippen LogP contribution is -2.41. The molecule has 3 nitrogen and oxygen atoms in total. The first-order valence-electron chi connectivity index (χ1n) is 6.00. The van der Waals surface area contributed by atoms with Crippen LogP contribution in [0.3, 0.4) is 0 Å². The van der Waals surface area contributed by atoms with Crippen LogP contribution in [0.1, 0.15) is 31.4 Å². The van der Waals surface area contributed by atoms with E-state index in [9.17, 15) is 13.6 Å². The molecule has 0 unspecified atom stereocenters. The maximum absolute atomic E-state index is 13.2. The molecule has 0 aromatic heterocycles. The molecular formula is C13H16F2N2O. The molecule has 1 saturated heterocycles. The van der Waals surface area contributed by atoms with Crippen molar-refractivity contribution >= 4 is 5.91 Å². The zero-order valence-electron chi connectivity index (χ0n) is 10.2. The van der Waals surface area contributed by atoms with Crippen molar-refractivity contribution in [2.45, 2.75) is 31.8 Å². The first-order valence-corrected chi connectivity index (χ1v) is 6.00. The number of nitrogens with two attached hydrogens (primary N) is 1. The lowest BCUT2D eigenvalue weighted by Gasteiger charge is -2.29. The van der Waals surface area contributed by atoms with Crippen LogP contribution in [0.4, 0.5) is 8.78 Å². The van der Waals surface area contributed by atoms with E-state index >= 15 is 0 Å². The largest absolute Gasteiger partial charge is 0.368 e. The molecule has 1 fully saturated rings. The van der Waals surface area contributed by atoms with Crippen LogP contribution in [0.15, 0.2) is 18.2 Å². The van der Waals surface area contributed by atoms with Crippen molar-refractivity contribution in [3.8, 4) is 0 Å². The summed E-state index contributed by atoms with van der Waals surface area (Å²) < 4.78 is 26.4. The number of hydrogen-bond donors (Lipinski definition) is 1. The lowest BCUT2D eigenvalue weighted by molar-refractivity contribution is -0.122. The number of nitrogens with zero attached hydrogens (tertiary/aromatic N) is 1. The molecule has 0 aliphatic carbocycles. The summed E-state index contributed by atoms with van der Waals surface area (Å²) in [5.41, 5.74) is 5.86. The fourth-order valence-corrected chi connectivity index (χ4v) is 2.57. The van der Waals surface area contributed by atoms with Gasteiger partial charge in [0, 0.05) is 12.1 Å². The smallest absolute Gasteiger partial charge is 0.234 e. The van der Waals surface area contributed by atoms with Gasteiger partial charge in [-0.2, -0.15) is 0 Å². The highest BCUT2D eigenvalue weighted by molar-refractivity contribution is 5.80. The van der Waals surface area contributed by atoms with Crippen LogP contribution < -0.4 is 5.73 Å². The SMILES string of the molecule is C[C@H](c1cc(F)cc(F)c1)N1CCC[C@@H]1C(N)=O. The Bertz CT molecular complexity index is 444. The molecule has 0 bridgehead atoms. The zero-order chi connectivity index (χ0) is 13.3. The Morgan fingerprint density at radius 1 is 1.39 bits per heavy atom. The topological polar surface area (TPSA) is 46.3 Å². The predicted molar refractivity (Wildman–Crippen MR) is 63.7 cm³/mol. The average Bonchev–Trinajstić information content (AvgIpc) is 2.75. The average molecular weight is 254 g/mol. The molecule has 5 heteroatoms. The molecule has 1 aliphatic heterocycles. The molecule has 1 aromatic carbocycles. The van der Waals surface area contributed by atoms with E-state index in [1.165, 1.54) is 12.1 Å². The fourth-order valence-electron chi connectivity index (χ4n) is 2.57. The number of carbonyl (C=O) groups excluding carboxylic acids is 1. The lowest BCUT2D eigenvalue weighted by atomic mass is 10.1. The number of amides is 1. The molecular weight excluding hydrogens is 238 g/mol. The summed E-state index contributed by atoms with van der Waals surface area (Å²) in [5, 5.41) is 0. The van der Waals surface area contributed by atoms with Crippen molar-refractivity contribution in [3.63, 3.8) is 0 Å². The number of halogens is 2. The van der Waals surface area contributed by atoms with Gasteiger partial charge in [-0.25, -0.2) is 8.78 Å². The van der Waals surface area contributed by atoms with Gasteiger partial charge in [0.2, 0.25) is 5.91 Å². The molecule has 18 heavy (non-hydrogen) atoms. The van der Waals surface area contributed by atoms with Gasteiger partial charge in [-0.3, -0.25) is 9.69 Å². The number of likely N-dealkylation sites (tertiary alicyclic amines) is 1. The molecule has 1 amide bonds. The second-order valence-electron chi connectivity index (χ2n) is 4.68. The van der Waals surface area contributed by atoms with Gasteiger partial charge in [0.15, 0.2) is 0 Å². The standard InChI is InChI=1S/C13H16F2N2O/c1-8(9-5-10(14)7-11(15)6-9)17-4-2-3-12(17)13(16)18/h5-8,12H,2-4H2,1H3,(H2,16,18)/t8-,12-/m1/s1. The maximum atomic E-state index is 13.2. The third-order valence-electron chi connectivity index (χ3n) is 3.49.